The second-order valence-electron chi connectivity index (χ2n) is 5.46. The molecular weight excluding hydrogens is 302 g/mol. The summed E-state index contributed by atoms with van der Waals surface area (Å²) in [6.07, 6.45) is 4.76. The van der Waals surface area contributed by atoms with Crippen molar-refractivity contribution < 1.29 is 10.2 Å². The van der Waals surface area contributed by atoms with E-state index in [9.17, 15) is 10.2 Å². The molecular formula is C14H23N5O2S. The number of fused-ring (bicyclic) bond motifs is 1. The molecule has 0 saturated heterocycles. The van der Waals surface area contributed by atoms with Gasteiger partial charge in [-0.2, -0.15) is 11.8 Å². The first-order valence-electron chi connectivity index (χ1n) is 7.09. The van der Waals surface area contributed by atoms with E-state index in [1.54, 1.807) is 11.8 Å². The smallest absolute Gasteiger partial charge is 0.151 e. The SMILES string of the molecule is CSCC(O)C(CO)CN(C)Cc1c[nH]c2c(N)ncnc12. The molecule has 122 valence electrons. The number of nitrogens with one attached hydrogen (secondary N) is 1. The lowest BCUT2D eigenvalue weighted by atomic mass is 10.0. The predicted octanol–water partition coefficient (Wildman–Crippen LogP) is 0.304. The number of rotatable bonds is 8. The molecule has 0 amide bonds. The highest BCUT2D eigenvalue weighted by Crippen LogP contribution is 2.20. The summed E-state index contributed by atoms with van der Waals surface area (Å²) >= 11 is 1.57. The van der Waals surface area contributed by atoms with Crippen LogP contribution in [0.4, 0.5) is 5.82 Å². The number of aliphatic hydroxyl groups excluding tert-OH is 2. The van der Waals surface area contributed by atoms with Crippen molar-refractivity contribution in [1.82, 2.24) is 19.9 Å². The molecule has 8 heteroatoms. The summed E-state index contributed by atoms with van der Waals surface area (Å²) in [6.45, 7) is 1.22. The average Bonchev–Trinajstić information content (AvgIpc) is 2.89. The Hall–Kier alpha value is -1.35. The van der Waals surface area contributed by atoms with E-state index >= 15 is 0 Å². The van der Waals surface area contributed by atoms with E-state index in [4.69, 9.17) is 5.73 Å². The van der Waals surface area contributed by atoms with Crippen LogP contribution < -0.4 is 5.73 Å². The summed E-state index contributed by atoms with van der Waals surface area (Å²) < 4.78 is 0. The third-order valence-electron chi connectivity index (χ3n) is 3.67. The molecule has 0 aliphatic rings. The number of aliphatic hydroxyl groups is 2. The fraction of sp³-hybridized carbons (Fsp3) is 0.571. The van der Waals surface area contributed by atoms with Crippen molar-refractivity contribution in [3.63, 3.8) is 0 Å². The Kier molecular flexibility index (Phi) is 6.01. The molecule has 0 fully saturated rings. The van der Waals surface area contributed by atoms with Crippen LogP contribution in [-0.2, 0) is 6.54 Å². The lowest BCUT2D eigenvalue weighted by Gasteiger charge is -2.26. The van der Waals surface area contributed by atoms with Crippen molar-refractivity contribution in [2.24, 2.45) is 5.92 Å². The highest BCUT2D eigenvalue weighted by Gasteiger charge is 2.20. The summed E-state index contributed by atoms with van der Waals surface area (Å²) in [5, 5.41) is 19.5. The van der Waals surface area contributed by atoms with Gasteiger partial charge in [0.25, 0.3) is 0 Å². The monoisotopic (exact) mass is 325 g/mol. The Morgan fingerprint density at radius 1 is 1.45 bits per heavy atom. The van der Waals surface area contributed by atoms with Gasteiger partial charge in [-0.1, -0.05) is 0 Å². The van der Waals surface area contributed by atoms with Gasteiger partial charge in [0.2, 0.25) is 0 Å². The minimum absolute atomic E-state index is 0.0327. The zero-order valence-electron chi connectivity index (χ0n) is 12.9. The summed E-state index contributed by atoms with van der Waals surface area (Å²) in [5.41, 5.74) is 8.38. The quantitative estimate of drug-likeness (QED) is 0.552. The first-order valence-corrected chi connectivity index (χ1v) is 8.49. The summed E-state index contributed by atoms with van der Waals surface area (Å²) in [6, 6.07) is 0. The summed E-state index contributed by atoms with van der Waals surface area (Å²) in [4.78, 5) is 13.4. The van der Waals surface area contributed by atoms with Gasteiger partial charge in [0, 0.05) is 43.1 Å². The van der Waals surface area contributed by atoms with Gasteiger partial charge in [0.15, 0.2) is 5.82 Å². The standard InChI is InChI=1S/C14H23N5O2S/c1-19(5-10(6-20)11(21)7-22-2)4-9-3-16-13-12(9)17-8-18-14(13)15/h3,8,10-11,16,20-21H,4-7H2,1-2H3,(H2,15,17,18). The molecule has 2 rings (SSSR count). The molecule has 2 unspecified atom stereocenters. The number of hydrogen-bond acceptors (Lipinski definition) is 7. The topological polar surface area (TPSA) is 111 Å². The zero-order chi connectivity index (χ0) is 16.1. The Morgan fingerprint density at radius 2 is 2.23 bits per heavy atom. The van der Waals surface area contributed by atoms with Crippen molar-refractivity contribution in [2.45, 2.75) is 12.6 Å². The number of aromatic amines is 1. The van der Waals surface area contributed by atoms with Gasteiger partial charge in [0.1, 0.15) is 11.8 Å². The molecule has 2 aromatic rings. The summed E-state index contributed by atoms with van der Waals surface area (Å²) in [5.74, 6) is 0.889. The minimum atomic E-state index is -0.511. The molecule has 0 bridgehead atoms. The molecule has 2 aromatic heterocycles. The van der Waals surface area contributed by atoms with Crippen molar-refractivity contribution in [3.05, 3.63) is 18.1 Å². The van der Waals surface area contributed by atoms with Gasteiger partial charge in [-0.15, -0.1) is 0 Å². The largest absolute Gasteiger partial charge is 0.396 e. The maximum Gasteiger partial charge on any atom is 0.151 e. The number of hydrogen-bond donors (Lipinski definition) is 4. The third-order valence-corrected chi connectivity index (χ3v) is 4.35. The number of aromatic nitrogens is 3. The highest BCUT2D eigenvalue weighted by molar-refractivity contribution is 7.98. The number of nitrogen functional groups attached to an aromatic ring is 1. The van der Waals surface area contributed by atoms with E-state index in [0.717, 1.165) is 16.6 Å². The van der Waals surface area contributed by atoms with Crippen LogP contribution in [-0.4, -0.2) is 68.4 Å². The summed E-state index contributed by atoms with van der Waals surface area (Å²) in [7, 11) is 1.96. The van der Waals surface area contributed by atoms with Crippen LogP contribution in [0.2, 0.25) is 0 Å². The predicted molar refractivity (Wildman–Crippen MR) is 89.6 cm³/mol. The number of H-pyrrole nitrogens is 1. The van der Waals surface area contributed by atoms with Gasteiger partial charge in [-0.05, 0) is 13.3 Å². The van der Waals surface area contributed by atoms with Crippen LogP contribution in [0.25, 0.3) is 11.0 Å². The van der Waals surface area contributed by atoms with Crippen LogP contribution in [0.5, 0.6) is 0 Å². The zero-order valence-corrected chi connectivity index (χ0v) is 13.7. The second kappa shape index (κ2) is 7.77. The van der Waals surface area contributed by atoms with Gasteiger partial charge >= 0.3 is 0 Å². The van der Waals surface area contributed by atoms with Crippen LogP contribution in [0.1, 0.15) is 5.56 Å². The fourth-order valence-corrected chi connectivity index (χ4v) is 3.11. The van der Waals surface area contributed by atoms with Gasteiger partial charge in [-0.3, -0.25) is 0 Å². The van der Waals surface area contributed by atoms with E-state index in [1.807, 2.05) is 19.5 Å². The maximum atomic E-state index is 10.0. The Bertz CT molecular complexity index is 606. The van der Waals surface area contributed by atoms with E-state index in [0.29, 0.717) is 24.7 Å². The fourth-order valence-electron chi connectivity index (χ4n) is 2.50. The van der Waals surface area contributed by atoms with E-state index in [-0.39, 0.29) is 12.5 Å². The van der Waals surface area contributed by atoms with Gasteiger partial charge in [-0.25, -0.2) is 9.97 Å². The molecule has 22 heavy (non-hydrogen) atoms. The molecule has 2 heterocycles. The molecule has 5 N–H and O–H groups in total. The first-order chi connectivity index (χ1) is 10.6. The van der Waals surface area contributed by atoms with Crippen LogP contribution in [0.3, 0.4) is 0 Å². The van der Waals surface area contributed by atoms with Crippen molar-refractivity contribution in [3.8, 4) is 0 Å². The van der Waals surface area contributed by atoms with Crippen molar-refractivity contribution in [1.29, 1.82) is 0 Å². The Morgan fingerprint density at radius 3 is 2.91 bits per heavy atom. The van der Waals surface area contributed by atoms with Crippen molar-refractivity contribution >= 4 is 28.6 Å². The van der Waals surface area contributed by atoms with Crippen LogP contribution in [0.15, 0.2) is 12.5 Å². The maximum absolute atomic E-state index is 10.0. The molecule has 7 nitrogen and oxygen atoms in total. The highest BCUT2D eigenvalue weighted by atomic mass is 32.2. The second-order valence-corrected chi connectivity index (χ2v) is 6.37. The lowest BCUT2D eigenvalue weighted by molar-refractivity contribution is 0.0614. The molecule has 0 spiro atoms. The number of nitrogens with zero attached hydrogens (tertiary/aromatic N) is 3. The van der Waals surface area contributed by atoms with Crippen molar-refractivity contribution in [2.75, 3.05) is 37.9 Å². The van der Waals surface area contributed by atoms with E-state index < -0.39 is 6.10 Å². The molecule has 0 radical (unpaired) electrons. The Labute approximate surface area is 133 Å². The number of thioether (sulfide) groups is 1. The van der Waals surface area contributed by atoms with E-state index in [2.05, 4.69) is 19.9 Å². The lowest BCUT2D eigenvalue weighted by Crippen LogP contribution is -2.36. The van der Waals surface area contributed by atoms with Crippen LogP contribution in [0, 0.1) is 5.92 Å². The number of nitrogens with two attached hydrogens (primary N) is 1. The van der Waals surface area contributed by atoms with Gasteiger partial charge < -0.3 is 25.8 Å². The molecule has 0 aliphatic carbocycles. The minimum Gasteiger partial charge on any atom is -0.396 e. The molecule has 0 aromatic carbocycles. The van der Waals surface area contributed by atoms with Crippen LogP contribution >= 0.6 is 11.8 Å². The molecule has 0 saturated carbocycles. The number of anilines is 1. The normalized spacial score (nSPS) is 14.6. The molecule has 0 aliphatic heterocycles. The molecule has 2 atom stereocenters. The third kappa shape index (κ3) is 3.89. The van der Waals surface area contributed by atoms with Gasteiger partial charge in [0.05, 0.1) is 11.6 Å². The van der Waals surface area contributed by atoms with E-state index in [1.165, 1.54) is 6.33 Å². The average molecular weight is 325 g/mol. The Balaban J connectivity index is 2.04. The first kappa shape index (κ1) is 17.0.